The topological polar surface area (TPSA) is 75.4 Å². The highest BCUT2D eigenvalue weighted by Gasteiger charge is 2.12. The molecule has 0 radical (unpaired) electrons. The van der Waals surface area contributed by atoms with Crippen molar-refractivity contribution in [3.8, 4) is 11.5 Å². The van der Waals surface area contributed by atoms with E-state index in [0.29, 0.717) is 23.5 Å². The van der Waals surface area contributed by atoms with E-state index in [9.17, 15) is 5.11 Å². The number of hydrogen-bond donors (Lipinski definition) is 2. The van der Waals surface area contributed by atoms with Crippen LogP contribution in [0, 0.1) is 0 Å². The summed E-state index contributed by atoms with van der Waals surface area (Å²) in [6.07, 6.45) is 3.37. The first-order valence-corrected chi connectivity index (χ1v) is 4.97. The van der Waals surface area contributed by atoms with E-state index in [-0.39, 0.29) is 5.75 Å². The highest BCUT2D eigenvalue weighted by Crippen LogP contribution is 2.29. The lowest BCUT2D eigenvalue weighted by Gasteiger charge is -2.04. The second-order valence-electron chi connectivity index (χ2n) is 3.42. The molecule has 0 aromatic carbocycles. The minimum Gasteiger partial charge on any atom is -0.506 e. The van der Waals surface area contributed by atoms with Crippen molar-refractivity contribution in [2.45, 2.75) is 6.92 Å². The Morgan fingerprint density at radius 3 is 3.25 bits per heavy atom. The number of H-pyrrole nitrogens is 1. The molecule has 0 aliphatic rings. The van der Waals surface area contributed by atoms with Crippen molar-refractivity contribution < 1.29 is 9.84 Å². The Bertz CT molecular complexity index is 655. The molecule has 0 saturated heterocycles. The molecule has 0 saturated carbocycles. The van der Waals surface area contributed by atoms with Crippen LogP contribution in [0.3, 0.4) is 0 Å². The number of fused-ring (bicyclic) bond motifs is 3. The average molecular weight is 218 g/mol. The molecule has 3 heterocycles. The molecule has 0 atom stereocenters. The summed E-state index contributed by atoms with van der Waals surface area (Å²) in [5.74, 6) is 0.723. The van der Waals surface area contributed by atoms with Crippen molar-refractivity contribution in [3.63, 3.8) is 0 Å². The highest BCUT2D eigenvalue weighted by atomic mass is 16.5. The van der Waals surface area contributed by atoms with E-state index in [4.69, 9.17) is 4.74 Å². The summed E-state index contributed by atoms with van der Waals surface area (Å²) in [6.45, 7) is 2.43. The van der Waals surface area contributed by atoms with Gasteiger partial charge < -0.3 is 9.84 Å². The molecule has 3 aromatic rings. The number of aromatic nitrogens is 4. The molecule has 16 heavy (non-hydrogen) atoms. The average Bonchev–Trinajstić information content (AvgIpc) is 2.76. The standard InChI is InChI=1S/C10H10N4O2/c1-2-16-6-3-8(15)9-7-4-11-12-10(7)13-14(9)5-6/h3-5,15H,2H2,1H3,(H,12,13). The van der Waals surface area contributed by atoms with Crippen molar-refractivity contribution in [3.05, 3.63) is 18.5 Å². The fraction of sp³-hybridized carbons (Fsp3) is 0.200. The Balaban J connectivity index is 2.34. The van der Waals surface area contributed by atoms with Gasteiger partial charge in [-0.05, 0) is 6.92 Å². The van der Waals surface area contributed by atoms with Gasteiger partial charge >= 0.3 is 0 Å². The molecule has 0 bridgehead atoms. The van der Waals surface area contributed by atoms with E-state index in [1.54, 1.807) is 23.0 Å². The molecule has 6 nitrogen and oxygen atoms in total. The van der Waals surface area contributed by atoms with Crippen LogP contribution >= 0.6 is 0 Å². The van der Waals surface area contributed by atoms with Crippen LogP contribution in [0.5, 0.6) is 11.5 Å². The summed E-state index contributed by atoms with van der Waals surface area (Å²) >= 11 is 0. The van der Waals surface area contributed by atoms with E-state index in [1.807, 2.05) is 6.92 Å². The van der Waals surface area contributed by atoms with Crippen LogP contribution in [-0.2, 0) is 0 Å². The molecule has 6 heteroatoms. The Morgan fingerprint density at radius 2 is 2.44 bits per heavy atom. The number of aromatic hydroxyl groups is 1. The predicted molar refractivity (Wildman–Crippen MR) is 57.7 cm³/mol. The van der Waals surface area contributed by atoms with Gasteiger partial charge in [0.15, 0.2) is 5.65 Å². The molecule has 0 spiro atoms. The molecule has 0 unspecified atom stereocenters. The van der Waals surface area contributed by atoms with Gasteiger partial charge in [0.1, 0.15) is 17.0 Å². The third kappa shape index (κ3) is 1.13. The molecule has 3 rings (SSSR count). The molecule has 3 aromatic heterocycles. The van der Waals surface area contributed by atoms with Gasteiger partial charge in [0.2, 0.25) is 0 Å². The van der Waals surface area contributed by atoms with Crippen molar-refractivity contribution in [1.29, 1.82) is 0 Å². The summed E-state index contributed by atoms with van der Waals surface area (Å²) in [4.78, 5) is 0. The van der Waals surface area contributed by atoms with Crippen LogP contribution in [-0.4, -0.2) is 31.5 Å². The number of nitrogens with one attached hydrogen (secondary N) is 1. The van der Waals surface area contributed by atoms with Gasteiger partial charge in [-0.1, -0.05) is 0 Å². The second kappa shape index (κ2) is 3.13. The van der Waals surface area contributed by atoms with Crippen molar-refractivity contribution in [2.24, 2.45) is 0 Å². The van der Waals surface area contributed by atoms with E-state index < -0.39 is 0 Å². The smallest absolute Gasteiger partial charge is 0.178 e. The Morgan fingerprint density at radius 1 is 1.56 bits per heavy atom. The second-order valence-corrected chi connectivity index (χ2v) is 3.42. The first-order valence-electron chi connectivity index (χ1n) is 4.97. The summed E-state index contributed by atoms with van der Waals surface area (Å²) < 4.78 is 6.91. The molecule has 0 fully saturated rings. The molecule has 0 aliphatic carbocycles. The predicted octanol–water partition coefficient (Wildman–Crippen LogP) is 1.31. The lowest BCUT2D eigenvalue weighted by Crippen LogP contribution is -1.95. The monoisotopic (exact) mass is 218 g/mol. The van der Waals surface area contributed by atoms with E-state index >= 15 is 0 Å². The van der Waals surface area contributed by atoms with E-state index in [0.717, 1.165) is 5.39 Å². The molecule has 0 amide bonds. The third-order valence-corrected chi connectivity index (χ3v) is 2.39. The first kappa shape index (κ1) is 9.02. The summed E-state index contributed by atoms with van der Waals surface area (Å²) in [6, 6.07) is 1.58. The van der Waals surface area contributed by atoms with Crippen LogP contribution in [0.4, 0.5) is 0 Å². The summed E-state index contributed by atoms with van der Waals surface area (Å²) in [5.41, 5.74) is 1.27. The van der Waals surface area contributed by atoms with Gasteiger partial charge in [-0.15, -0.1) is 5.10 Å². The highest BCUT2D eigenvalue weighted by molar-refractivity contribution is 5.95. The maximum Gasteiger partial charge on any atom is 0.178 e. The Labute approximate surface area is 90.5 Å². The van der Waals surface area contributed by atoms with Crippen molar-refractivity contribution >= 4 is 16.6 Å². The van der Waals surface area contributed by atoms with Crippen LogP contribution in [0.15, 0.2) is 18.5 Å². The lowest BCUT2D eigenvalue weighted by atomic mass is 10.3. The van der Waals surface area contributed by atoms with Crippen LogP contribution in [0.2, 0.25) is 0 Å². The largest absolute Gasteiger partial charge is 0.506 e. The minimum atomic E-state index is 0.134. The molecule has 0 aliphatic heterocycles. The van der Waals surface area contributed by atoms with Gasteiger partial charge in [-0.2, -0.15) is 5.10 Å². The molecule has 82 valence electrons. The number of ether oxygens (including phenoxy) is 1. The van der Waals surface area contributed by atoms with Crippen LogP contribution in [0.25, 0.3) is 16.6 Å². The fourth-order valence-corrected chi connectivity index (χ4v) is 1.77. The fourth-order valence-electron chi connectivity index (χ4n) is 1.77. The third-order valence-electron chi connectivity index (χ3n) is 2.39. The first-order chi connectivity index (χ1) is 7.79. The van der Waals surface area contributed by atoms with E-state index in [1.165, 1.54) is 0 Å². The minimum absolute atomic E-state index is 0.134. The van der Waals surface area contributed by atoms with Gasteiger partial charge in [0.25, 0.3) is 0 Å². The normalized spacial score (nSPS) is 11.3. The van der Waals surface area contributed by atoms with Gasteiger partial charge in [0.05, 0.1) is 24.4 Å². The SMILES string of the molecule is CCOc1cc(O)c2c3cn[nH]c3nn2c1. The quantitative estimate of drug-likeness (QED) is 0.680. The molecule has 2 N–H and O–H groups in total. The molecular weight excluding hydrogens is 208 g/mol. The van der Waals surface area contributed by atoms with Crippen LogP contribution < -0.4 is 4.74 Å². The summed E-state index contributed by atoms with van der Waals surface area (Å²) in [5, 5.41) is 21.6. The number of nitrogens with zero attached hydrogens (tertiary/aromatic N) is 3. The number of pyridine rings is 1. The number of rotatable bonds is 2. The Hall–Kier alpha value is -2.24. The maximum absolute atomic E-state index is 9.90. The van der Waals surface area contributed by atoms with Gasteiger partial charge in [0, 0.05) is 6.07 Å². The Kier molecular flexibility index (Phi) is 1.76. The zero-order valence-corrected chi connectivity index (χ0v) is 8.64. The summed E-state index contributed by atoms with van der Waals surface area (Å²) in [7, 11) is 0. The maximum atomic E-state index is 9.90. The lowest BCUT2D eigenvalue weighted by molar-refractivity contribution is 0.335. The number of aromatic amines is 1. The van der Waals surface area contributed by atoms with Gasteiger partial charge in [-0.3, -0.25) is 5.10 Å². The van der Waals surface area contributed by atoms with Crippen LogP contribution in [0.1, 0.15) is 6.92 Å². The van der Waals surface area contributed by atoms with E-state index in [2.05, 4.69) is 15.3 Å². The zero-order chi connectivity index (χ0) is 11.1. The van der Waals surface area contributed by atoms with Gasteiger partial charge in [-0.25, -0.2) is 4.52 Å². The molecular formula is C10H10N4O2. The zero-order valence-electron chi connectivity index (χ0n) is 8.64. The number of hydrogen-bond acceptors (Lipinski definition) is 4. The van der Waals surface area contributed by atoms with Crippen molar-refractivity contribution in [2.75, 3.05) is 6.61 Å². The van der Waals surface area contributed by atoms with Crippen molar-refractivity contribution in [1.82, 2.24) is 19.8 Å².